The summed E-state index contributed by atoms with van der Waals surface area (Å²) in [5, 5.41) is 3.34. The van der Waals surface area contributed by atoms with Crippen molar-refractivity contribution >= 4 is 0 Å². The Morgan fingerprint density at radius 1 is 1.13 bits per heavy atom. The molecule has 0 atom stereocenters. The van der Waals surface area contributed by atoms with E-state index in [9.17, 15) is 0 Å². The highest BCUT2D eigenvalue weighted by molar-refractivity contribution is 5.33. The molecule has 2 nitrogen and oxygen atoms in total. The molecule has 0 unspecified atom stereocenters. The van der Waals surface area contributed by atoms with Gasteiger partial charge in [-0.3, -0.25) is 0 Å². The maximum atomic E-state index is 5.95. The molecule has 2 heteroatoms. The molecule has 1 aromatic rings. The van der Waals surface area contributed by atoms with Crippen LogP contribution < -0.4 is 10.1 Å². The van der Waals surface area contributed by atoms with Crippen LogP contribution in [-0.4, -0.2) is 19.2 Å². The molecule has 0 radical (unpaired) electrons. The van der Waals surface area contributed by atoms with Gasteiger partial charge in [-0.25, -0.2) is 0 Å². The Morgan fingerprint density at radius 2 is 1.87 bits per heavy atom. The van der Waals surface area contributed by atoms with E-state index >= 15 is 0 Å². The molecule has 0 aromatic heterocycles. The highest BCUT2D eigenvalue weighted by Gasteiger charge is 2.14. The van der Waals surface area contributed by atoms with Crippen molar-refractivity contribution < 1.29 is 4.74 Å². The minimum absolute atomic E-state index is 0.397. The van der Waals surface area contributed by atoms with Crippen molar-refractivity contribution in [1.82, 2.24) is 5.32 Å². The number of aryl methyl sites for hydroxylation is 2. The summed E-state index contributed by atoms with van der Waals surface area (Å²) in [4.78, 5) is 0. The zero-order valence-corrected chi connectivity index (χ0v) is 9.55. The Morgan fingerprint density at radius 3 is 2.53 bits per heavy atom. The van der Waals surface area contributed by atoms with Gasteiger partial charge in [-0.1, -0.05) is 6.07 Å². The standard InChI is InChI=1S/C13H19NO/c1-10-3-4-13(9-11(10)2)15-12-5-7-14-8-6-12/h3-4,9,12,14H,5-8H2,1-2H3. The Labute approximate surface area is 91.6 Å². The minimum atomic E-state index is 0.397. The van der Waals surface area contributed by atoms with Gasteiger partial charge in [0, 0.05) is 0 Å². The van der Waals surface area contributed by atoms with E-state index in [4.69, 9.17) is 4.74 Å². The average molecular weight is 205 g/mol. The van der Waals surface area contributed by atoms with Gasteiger partial charge in [-0.15, -0.1) is 0 Å². The number of nitrogens with one attached hydrogen (secondary N) is 1. The van der Waals surface area contributed by atoms with Gasteiger partial charge in [0.2, 0.25) is 0 Å². The van der Waals surface area contributed by atoms with Gasteiger partial charge in [0.05, 0.1) is 0 Å². The predicted octanol–water partition coefficient (Wildman–Crippen LogP) is 2.43. The monoisotopic (exact) mass is 205 g/mol. The van der Waals surface area contributed by atoms with Gasteiger partial charge >= 0.3 is 0 Å². The summed E-state index contributed by atoms with van der Waals surface area (Å²) in [5.41, 5.74) is 2.63. The van der Waals surface area contributed by atoms with E-state index in [1.165, 1.54) is 11.1 Å². The molecule has 1 heterocycles. The summed E-state index contributed by atoms with van der Waals surface area (Å²) in [6.07, 6.45) is 2.63. The number of hydrogen-bond acceptors (Lipinski definition) is 2. The molecule has 0 saturated carbocycles. The molecule has 1 fully saturated rings. The zero-order valence-electron chi connectivity index (χ0n) is 9.55. The van der Waals surface area contributed by atoms with Crippen LogP contribution in [0.3, 0.4) is 0 Å². The maximum absolute atomic E-state index is 5.95. The molecule has 2 rings (SSSR count). The van der Waals surface area contributed by atoms with E-state index in [1.54, 1.807) is 0 Å². The summed E-state index contributed by atoms with van der Waals surface area (Å²) in [6.45, 7) is 6.42. The van der Waals surface area contributed by atoms with Crippen molar-refractivity contribution in [3.8, 4) is 5.75 Å². The van der Waals surface area contributed by atoms with Crippen LogP contribution in [0.25, 0.3) is 0 Å². The lowest BCUT2D eigenvalue weighted by molar-refractivity contribution is 0.162. The van der Waals surface area contributed by atoms with Gasteiger partial charge < -0.3 is 10.1 Å². The van der Waals surface area contributed by atoms with Crippen molar-refractivity contribution in [3.63, 3.8) is 0 Å². The second-order valence-corrected chi connectivity index (χ2v) is 4.31. The number of benzene rings is 1. The molecule has 15 heavy (non-hydrogen) atoms. The molecule has 0 spiro atoms. The first-order valence-corrected chi connectivity index (χ1v) is 5.70. The summed E-state index contributed by atoms with van der Waals surface area (Å²) < 4.78 is 5.95. The summed E-state index contributed by atoms with van der Waals surface area (Å²) in [7, 11) is 0. The Hall–Kier alpha value is -1.02. The van der Waals surface area contributed by atoms with Gasteiger partial charge in [-0.2, -0.15) is 0 Å². The van der Waals surface area contributed by atoms with Crippen LogP contribution in [0.5, 0.6) is 5.75 Å². The first kappa shape index (κ1) is 10.5. The third kappa shape index (κ3) is 2.72. The molecular formula is C13H19NO. The second-order valence-electron chi connectivity index (χ2n) is 4.31. The van der Waals surface area contributed by atoms with E-state index < -0.39 is 0 Å². The van der Waals surface area contributed by atoms with Crippen molar-refractivity contribution in [2.24, 2.45) is 0 Å². The van der Waals surface area contributed by atoms with Gasteiger partial charge in [0.15, 0.2) is 0 Å². The highest BCUT2D eigenvalue weighted by atomic mass is 16.5. The lowest BCUT2D eigenvalue weighted by Crippen LogP contribution is -2.34. The Kier molecular flexibility index (Phi) is 3.27. The fourth-order valence-electron chi connectivity index (χ4n) is 1.89. The van der Waals surface area contributed by atoms with E-state index in [2.05, 4.69) is 37.4 Å². The number of piperidine rings is 1. The van der Waals surface area contributed by atoms with Gasteiger partial charge in [0.25, 0.3) is 0 Å². The third-order valence-corrected chi connectivity index (χ3v) is 3.07. The predicted molar refractivity (Wildman–Crippen MR) is 62.4 cm³/mol. The maximum Gasteiger partial charge on any atom is 0.120 e. The van der Waals surface area contributed by atoms with E-state index in [0.717, 1.165) is 31.7 Å². The van der Waals surface area contributed by atoms with Gasteiger partial charge in [-0.05, 0) is 63.0 Å². The molecule has 1 aromatic carbocycles. The smallest absolute Gasteiger partial charge is 0.120 e. The molecule has 0 aliphatic carbocycles. The van der Waals surface area contributed by atoms with Crippen LogP contribution in [0, 0.1) is 13.8 Å². The topological polar surface area (TPSA) is 21.3 Å². The van der Waals surface area contributed by atoms with Crippen LogP contribution in [0.15, 0.2) is 18.2 Å². The normalized spacial score (nSPS) is 17.7. The van der Waals surface area contributed by atoms with Gasteiger partial charge in [0.1, 0.15) is 11.9 Å². The Balaban J connectivity index is 2.00. The van der Waals surface area contributed by atoms with E-state index in [1.807, 2.05) is 0 Å². The van der Waals surface area contributed by atoms with Crippen molar-refractivity contribution in [1.29, 1.82) is 0 Å². The van der Waals surface area contributed by atoms with Crippen molar-refractivity contribution in [3.05, 3.63) is 29.3 Å². The first-order chi connectivity index (χ1) is 7.25. The molecule has 1 N–H and O–H groups in total. The van der Waals surface area contributed by atoms with Crippen molar-refractivity contribution in [2.75, 3.05) is 13.1 Å². The minimum Gasteiger partial charge on any atom is -0.490 e. The summed E-state index contributed by atoms with van der Waals surface area (Å²) >= 11 is 0. The first-order valence-electron chi connectivity index (χ1n) is 5.70. The second kappa shape index (κ2) is 4.67. The van der Waals surface area contributed by atoms with Crippen molar-refractivity contribution in [2.45, 2.75) is 32.8 Å². The van der Waals surface area contributed by atoms with Crippen LogP contribution in [0.4, 0.5) is 0 Å². The summed E-state index contributed by atoms with van der Waals surface area (Å²) in [6, 6.07) is 6.34. The number of ether oxygens (including phenoxy) is 1. The average Bonchev–Trinajstić information content (AvgIpc) is 2.25. The van der Waals surface area contributed by atoms with Crippen LogP contribution >= 0.6 is 0 Å². The SMILES string of the molecule is Cc1ccc(OC2CCNCC2)cc1C. The number of rotatable bonds is 2. The Bertz CT molecular complexity index is 329. The molecule has 1 aliphatic heterocycles. The molecule has 1 aliphatic rings. The van der Waals surface area contributed by atoms with E-state index in [0.29, 0.717) is 6.10 Å². The molecule has 1 saturated heterocycles. The molecule has 0 bridgehead atoms. The van der Waals surface area contributed by atoms with Crippen LogP contribution in [0.2, 0.25) is 0 Å². The lowest BCUT2D eigenvalue weighted by atomic mass is 10.1. The zero-order chi connectivity index (χ0) is 10.7. The van der Waals surface area contributed by atoms with Crippen LogP contribution in [-0.2, 0) is 0 Å². The molecular weight excluding hydrogens is 186 g/mol. The fraction of sp³-hybridized carbons (Fsp3) is 0.538. The quantitative estimate of drug-likeness (QED) is 0.800. The molecule has 0 amide bonds. The van der Waals surface area contributed by atoms with E-state index in [-0.39, 0.29) is 0 Å². The lowest BCUT2D eigenvalue weighted by Gasteiger charge is -2.24. The summed E-state index contributed by atoms with van der Waals surface area (Å²) in [5.74, 6) is 1.02. The fourth-order valence-corrected chi connectivity index (χ4v) is 1.89. The highest BCUT2D eigenvalue weighted by Crippen LogP contribution is 2.20. The van der Waals surface area contributed by atoms with Crippen LogP contribution in [0.1, 0.15) is 24.0 Å². The largest absolute Gasteiger partial charge is 0.490 e. The number of hydrogen-bond donors (Lipinski definition) is 1. The molecule has 82 valence electrons. The third-order valence-electron chi connectivity index (χ3n) is 3.07.